The van der Waals surface area contributed by atoms with Gasteiger partial charge < -0.3 is 5.73 Å². The molecule has 0 amide bonds. The lowest BCUT2D eigenvalue weighted by Gasteiger charge is -2.15. The van der Waals surface area contributed by atoms with Crippen LogP contribution in [0.3, 0.4) is 0 Å². The maximum atomic E-state index is 10.6. The summed E-state index contributed by atoms with van der Waals surface area (Å²) >= 11 is 0. The van der Waals surface area contributed by atoms with E-state index in [1.165, 1.54) is 6.26 Å². The molecule has 0 aliphatic heterocycles. The van der Waals surface area contributed by atoms with E-state index in [0.717, 1.165) is 0 Å². The molecule has 0 aromatic carbocycles. The number of nitrogens with two attached hydrogens (primary N) is 1. The highest BCUT2D eigenvalue weighted by Crippen LogP contribution is 1.99. The van der Waals surface area contributed by atoms with Crippen LogP contribution in [0.1, 0.15) is 13.8 Å². The van der Waals surface area contributed by atoms with Crippen LogP contribution in [0.4, 0.5) is 0 Å². The Kier molecular flexibility index (Phi) is 4.56. The second-order valence-electron chi connectivity index (χ2n) is 3.06. The zero-order chi connectivity index (χ0) is 7.71. The third-order valence-corrected chi connectivity index (χ3v) is 1.90. The average Bonchev–Trinajstić information content (AvgIpc) is 1.14. The summed E-state index contributed by atoms with van der Waals surface area (Å²) in [6.07, 6.45) is 1.18. The van der Waals surface area contributed by atoms with E-state index in [0.29, 0.717) is 0 Å². The Labute approximate surface area is 68.3 Å². The number of sulfone groups is 1. The molecule has 0 heterocycles. The lowest BCUT2D eigenvalue weighted by molar-refractivity contribution is 0.548. The fourth-order valence-electron chi connectivity index (χ4n) is 0.676. The van der Waals surface area contributed by atoms with Crippen LogP contribution in [-0.2, 0) is 9.84 Å². The summed E-state index contributed by atoms with van der Waals surface area (Å²) in [4.78, 5) is 0. The summed E-state index contributed by atoms with van der Waals surface area (Å²) in [5.41, 5.74) is 4.84. The van der Waals surface area contributed by atoms with Gasteiger partial charge in [0.1, 0.15) is 9.84 Å². The molecule has 0 unspecified atom stereocenters. The second-order valence-corrected chi connectivity index (χ2v) is 5.20. The molecule has 0 atom stereocenters. The molecule has 3 nitrogen and oxygen atoms in total. The zero-order valence-electron chi connectivity index (χ0n) is 6.42. The average molecular weight is 188 g/mol. The molecule has 0 radical (unpaired) electrons. The van der Waals surface area contributed by atoms with E-state index in [1.807, 2.05) is 0 Å². The lowest BCUT2D eigenvalue weighted by atomic mass is 10.1. The first-order chi connectivity index (χ1) is 3.71. The first-order valence-electron chi connectivity index (χ1n) is 2.67. The minimum atomic E-state index is -2.91. The molecule has 0 aromatic rings. The number of rotatable bonds is 2. The van der Waals surface area contributed by atoms with Gasteiger partial charge in [-0.3, -0.25) is 0 Å². The molecule has 0 saturated carbocycles. The van der Waals surface area contributed by atoms with Gasteiger partial charge in [0.2, 0.25) is 0 Å². The van der Waals surface area contributed by atoms with Gasteiger partial charge in [0.15, 0.2) is 0 Å². The first-order valence-corrected chi connectivity index (χ1v) is 4.73. The summed E-state index contributed by atoms with van der Waals surface area (Å²) in [7, 11) is -2.91. The van der Waals surface area contributed by atoms with Gasteiger partial charge in [-0.15, -0.1) is 12.4 Å². The van der Waals surface area contributed by atoms with Crippen molar-refractivity contribution >= 4 is 22.2 Å². The predicted octanol–water partition coefficient (Wildman–Crippen LogP) is 0.190. The molecule has 0 aromatic heterocycles. The SMILES string of the molecule is CC(C)(N)CS(C)(=O)=O.Cl. The van der Waals surface area contributed by atoms with Gasteiger partial charge in [-0.05, 0) is 13.8 Å². The molecule has 0 spiro atoms. The number of hydrogen-bond acceptors (Lipinski definition) is 3. The van der Waals surface area contributed by atoms with Gasteiger partial charge in [-0.2, -0.15) is 0 Å². The molecule has 0 aliphatic rings. The van der Waals surface area contributed by atoms with Crippen molar-refractivity contribution in [1.29, 1.82) is 0 Å². The van der Waals surface area contributed by atoms with Crippen LogP contribution >= 0.6 is 12.4 Å². The third kappa shape index (κ3) is 11.1. The van der Waals surface area contributed by atoms with E-state index in [9.17, 15) is 8.42 Å². The molecular weight excluding hydrogens is 174 g/mol. The van der Waals surface area contributed by atoms with E-state index in [1.54, 1.807) is 13.8 Å². The van der Waals surface area contributed by atoms with Crippen molar-refractivity contribution in [3.8, 4) is 0 Å². The van der Waals surface area contributed by atoms with Gasteiger partial charge in [-0.25, -0.2) is 8.42 Å². The molecule has 0 fully saturated rings. The van der Waals surface area contributed by atoms with Gasteiger partial charge in [-0.1, -0.05) is 0 Å². The summed E-state index contributed by atoms with van der Waals surface area (Å²) in [5.74, 6) is 0.0417. The van der Waals surface area contributed by atoms with Crippen LogP contribution in [-0.4, -0.2) is 26.0 Å². The Bertz CT molecular complexity index is 180. The maximum Gasteiger partial charge on any atom is 0.149 e. The third-order valence-electron chi connectivity index (χ3n) is 0.634. The van der Waals surface area contributed by atoms with Crippen molar-refractivity contribution in [2.75, 3.05) is 12.0 Å². The quantitative estimate of drug-likeness (QED) is 0.672. The fourth-order valence-corrected chi connectivity index (χ4v) is 2.03. The van der Waals surface area contributed by atoms with Gasteiger partial charge >= 0.3 is 0 Å². The molecule has 0 aliphatic carbocycles. The lowest BCUT2D eigenvalue weighted by Crippen LogP contribution is -2.39. The van der Waals surface area contributed by atoms with Crippen LogP contribution in [0.15, 0.2) is 0 Å². The fraction of sp³-hybridized carbons (Fsp3) is 1.00. The smallest absolute Gasteiger partial charge is 0.149 e. The minimum absolute atomic E-state index is 0. The summed E-state index contributed by atoms with van der Waals surface area (Å²) in [6.45, 7) is 3.38. The van der Waals surface area contributed by atoms with Crippen LogP contribution in [0.5, 0.6) is 0 Å². The van der Waals surface area contributed by atoms with Crippen molar-refractivity contribution in [3.05, 3.63) is 0 Å². The Morgan fingerprint density at radius 1 is 1.40 bits per heavy atom. The maximum absolute atomic E-state index is 10.6. The second kappa shape index (κ2) is 3.55. The van der Waals surface area contributed by atoms with Crippen molar-refractivity contribution in [3.63, 3.8) is 0 Å². The van der Waals surface area contributed by atoms with E-state index >= 15 is 0 Å². The van der Waals surface area contributed by atoms with Crippen molar-refractivity contribution < 1.29 is 8.42 Å². The molecule has 0 saturated heterocycles. The van der Waals surface area contributed by atoms with Gasteiger partial charge in [0, 0.05) is 11.8 Å². The van der Waals surface area contributed by atoms with Crippen LogP contribution in [0, 0.1) is 0 Å². The highest BCUT2D eigenvalue weighted by atomic mass is 35.5. The Morgan fingerprint density at radius 2 is 1.70 bits per heavy atom. The Hall–Kier alpha value is 0.200. The Balaban J connectivity index is 0. The van der Waals surface area contributed by atoms with Crippen molar-refractivity contribution in [2.45, 2.75) is 19.4 Å². The zero-order valence-corrected chi connectivity index (χ0v) is 8.05. The van der Waals surface area contributed by atoms with E-state index in [4.69, 9.17) is 5.73 Å². The first kappa shape index (κ1) is 12.8. The van der Waals surface area contributed by atoms with E-state index in [-0.39, 0.29) is 18.2 Å². The summed E-state index contributed by atoms with van der Waals surface area (Å²) in [6, 6.07) is 0. The molecule has 0 rings (SSSR count). The van der Waals surface area contributed by atoms with Gasteiger partial charge in [0.05, 0.1) is 5.75 Å². The van der Waals surface area contributed by atoms with Gasteiger partial charge in [0.25, 0.3) is 0 Å². The van der Waals surface area contributed by atoms with E-state index < -0.39 is 15.4 Å². The number of halogens is 1. The summed E-state index contributed by atoms with van der Waals surface area (Å²) < 4.78 is 21.1. The predicted molar refractivity (Wildman–Crippen MR) is 45.2 cm³/mol. The standard InChI is InChI=1S/C5H13NO2S.ClH/c1-5(2,6)4-9(3,7)8;/h4,6H2,1-3H3;1H. The molecule has 2 N–H and O–H groups in total. The normalized spacial score (nSPS) is 12.4. The van der Waals surface area contributed by atoms with Crippen LogP contribution in [0.2, 0.25) is 0 Å². The largest absolute Gasteiger partial charge is 0.325 e. The molecule has 5 heteroatoms. The Morgan fingerprint density at radius 3 is 1.70 bits per heavy atom. The molecular formula is C5H14ClNO2S. The summed E-state index contributed by atoms with van der Waals surface area (Å²) in [5, 5.41) is 0. The number of hydrogen-bond donors (Lipinski definition) is 1. The minimum Gasteiger partial charge on any atom is -0.325 e. The van der Waals surface area contributed by atoms with Crippen molar-refractivity contribution in [1.82, 2.24) is 0 Å². The molecule has 64 valence electrons. The van der Waals surface area contributed by atoms with Crippen LogP contribution in [0.25, 0.3) is 0 Å². The highest BCUT2D eigenvalue weighted by Gasteiger charge is 2.17. The molecule has 0 bridgehead atoms. The molecule has 10 heavy (non-hydrogen) atoms. The highest BCUT2D eigenvalue weighted by molar-refractivity contribution is 7.90. The van der Waals surface area contributed by atoms with Crippen LogP contribution < -0.4 is 5.73 Å². The van der Waals surface area contributed by atoms with Crippen molar-refractivity contribution in [2.24, 2.45) is 5.73 Å². The topological polar surface area (TPSA) is 60.2 Å². The van der Waals surface area contributed by atoms with E-state index in [2.05, 4.69) is 0 Å². The monoisotopic (exact) mass is 187 g/mol.